The zero-order valence-electron chi connectivity index (χ0n) is 9.54. The summed E-state index contributed by atoms with van der Waals surface area (Å²) in [5.74, 6) is 4.99. The summed E-state index contributed by atoms with van der Waals surface area (Å²) in [7, 11) is -1.91. The molecule has 1 unspecified atom stereocenters. The zero-order valence-corrected chi connectivity index (χ0v) is 10.4. The first kappa shape index (κ1) is 10.7. The highest BCUT2D eigenvalue weighted by molar-refractivity contribution is 7.99. The summed E-state index contributed by atoms with van der Waals surface area (Å²) in [6.45, 7) is 6.41. The van der Waals surface area contributed by atoms with Gasteiger partial charge < -0.3 is 0 Å². The average Bonchev–Trinajstić information content (AvgIpc) is 2.34. The van der Waals surface area contributed by atoms with Crippen LogP contribution in [0, 0.1) is 0 Å². The van der Waals surface area contributed by atoms with Crippen molar-refractivity contribution in [3.63, 3.8) is 0 Å². The Hall–Kier alpha value is -0.830. The van der Waals surface area contributed by atoms with E-state index in [0.29, 0.717) is 11.5 Å². The van der Waals surface area contributed by atoms with E-state index in [0.717, 1.165) is 11.3 Å². The highest BCUT2D eigenvalue weighted by atomic mass is 32.2. The Morgan fingerprint density at radius 2 is 1.93 bits per heavy atom. The summed E-state index contributed by atoms with van der Waals surface area (Å²) in [6, 6.07) is 2.09. The largest absolute Gasteiger partial charge is 0.267 e. The molecular weight excluding hydrogens is 206 g/mol. The van der Waals surface area contributed by atoms with Crippen molar-refractivity contribution in [2.24, 2.45) is 0 Å². The molecule has 1 aliphatic heterocycles. The summed E-state index contributed by atoms with van der Waals surface area (Å²) in [4.78, 5) is 4.43. The Morgan fingerprint density at radius 1 is 1.33 bits per heavy atom. The van der Waals surface area contributed by atoms with E-state index in [-0.39, 0.29) is 5.41 Å². The minimum atomic E-state index is -1.91. The van der Waals surface area contributed by atoms with E-state index in [2.05, 4.69) is 37.7 Å². The molecule has 1 atom stereocenters. The van der Waals surface area contributed by atoms with Gasteiger partial charge in [-0.2, -0.15) is 0 Å². The maximum atomic E-state index is 11.9. The minimum Gasteiger partial charge on any atom is -0.267 e. The van der Waals surface area contributed by atoms with Crippen molar-refractivity contribution in [1.29, 1.82) is 0 Å². The molecule has 2 nitrogen and oxygen atoms in total. The number of hydrogen-bond donors (Lipinski definition) is 0. The van der Waals surface area contributed by atoms with Gasteiger partial charge >= 0.3 is 0 Å². The highest BCUT2D eigenvalue weighted by Crippen LogP contribution is 2.28. The molecule has 3 heteroatoms. The zero-order chi connectivity index (χ0) is 11.3. The second kappa shape index (κ2) is 3.08. The summed E-state index contributed by atoms with van der Waals surface area (Å²) < 4.78 is 11.9. The lowest BCUT2D eigenvalue weighted by Crippen LogP contribution is -2.13. The highest BCUT2D eigenvalue weighted by Gasteiger charge is 2.23. The van der Waals surface area contributed by atoms with E-state index in [4.69, 9.17) is 0 Å². The number of pyridine rings is 1. The van der Waals surface area contributed by atoms with Gasteiger partial charge in [0, 0.05) is 28.8 Å². The van der Waals surface area contributed by atoms with Crippen molar-refractivity contribution in [1.82, 2.24) is 4.98 Å². The number of hydrogen-bond acceptors (Lipinski definition) is 2. The molecule has 2 heterocycles. The lowest BCUT2D eigenvalue weighted by atomic mass is 9.90. The molecule has 0 fully saturated rings. The topological polar surface area (TPSA) is 30.0 Å². The number of aromatic nitrogens is 1. The van der Waals surface area contributed by atoms with Crippen LogP contribution in [-0.4, -0.2) is 15.1 Å². The van der Waals surface area contributed by atoms with E-state index in [1.807, 2.05) is 6.20 Å². The van der Waals surface area contributed by atoms with Crippen LogP contribution in [0.2, 0.25) is 0 Å². The summed E-state index contributed by atoms with van der Waals surface area (Å²) in [5.41, 5.74) is 3.41. The molecule has 1 aliphatic rings. The first-order chi connectivity index (χ1) is 6.78. The van der Waals surface area contributed by atoms with E-state index < -0.39 is 9.52 Å². The fourth-order valence-electron chi connectivity index (χ4n) is 1.82. The first-order valence-electron chi connectivity index (χ1n) is 5.09. The molecule has 0 radical (unpaired) electrons. The van der Waals surface area contributed by atoms with Crippen molar-refractivity contribution < 1.29 is 4.21 Å². The van der Waals surface area contributed by atoms with Crippen molar-refractivity contribution >= 4 is 15.4 Å². The Balaban J connectivity index is 2.48. The van der Waals surface area contributed by atoms with Crippen LogP contribution < -0.4 is 0 Å². The van der Waals surface area contributed by atoms with Crippen LogP contribution >= 0.6 is 0 Å². The minimum absolute atomic E-state index is 0.0552. The first-order valence-corrected chi connectivity index (χ1v) is 7.15. The molecule has 1 aromatic rings. The molecule has 0 aromatic carbocycles. The second-order valence-corrected chi connectivity index (χ2v) is 7.85. The summed E-state index contributed by atoms with van der Waals surface area (Å²) in [5, 5.41) is 0. The van der Waals surface area contributed by atoms with E-state index in [1.165, 1.54) is 5.56 Å². The van der Waals surface area contributed by atoms with Gasteiger partial charge in [0.1, 0.15) is 0 Å². The standard InChI is InChI=1S/C12H17NOS/c1-12(2,3)11-5-9-7-15(4,14)8-10(9)6-13-11/h5-6H,4,7-8H2,1-3H3. The van der Waals surface area contributed by atoms with Gasteiger partial charge in [0.25, 0.3) is 0 Å². The number of nitrogens with zero attached hydrogens (tertiary/aromatic N) is 1. The molecule has 15 heavy (non-hydrogen) atoms. The van der Waals surface area contributed by atoms with Crippen LogP contribution in [0.15, 0.2) is 12.3 Å². The monoisotopic (exact) mass is 223 g/mol. The summed E-state index contributed by atoms with van der Waals surface area (Å²) in [6.07, 6.45) is 1.87. The Morgan fingerprint density at radius 3 is 2.53 bits per heavy atom. The van der Waals surface area contributed by atoms with Crippen LogP contribution in [0.25, 0.3) is 0 Å². The Labute approximate surface area is 91.7 Å². The molecule has 0 aliphatic carbocycles. The number of rotatable bonds is 0. The third kappa shape index (κ3) is 2.07. The smallest absolute Gasteiger partial charge is 0.0460 e. The fraction of sp³-hybridized carbons (Fsp3) is 0.500. The third-order valence-electron chi connectivity index (χ3n) is 2.69. The van der Waals surface area contributed by atoms with Crippen LogP contribution in [0.5, 0.6) is 0 Å². The van der Waals surface area contributed by atoms with Crippen molar-refractivity contribution in [2.45, 2.75) is 37.7 Å². The Kier molecular flexibility index (Phi) is 2.19. The van der Waals surface area contributed by atoms with E-state index >= 15 is 0 Å². The molecule has 2 rings (SSSR count). The molecule has 82 valence electrons. The molecule has 0 saturated heterocycles. The van der Waals surface area contributed by atoms with Crippen LogP contribution in [-0.2, 0) is 26.4 Å². The normalized spacial score (nSPS) is 25.3. The molecular formula is C12H17NOS. The average molecular weight is 223 g/mol. The Bertz CT molecular complexity index is 495. The van der Waals surface area contributed by atoms with Crippen LogP contribution in [0.4, 0.5) is 0 Å². The maximum absolute atomic E-state index is 11.9. The molecule has 0 amide bonds. The van der Waals surface area contributed by atoms with Crippen molar-refractivity contribution in [3.05, 3.63) is 29.1 Å². The van der Waals surface area contributed by atoms with Gasteiger partial charge in [0.2, 0.25) is 0 Å². The van der Waals surface area contributed by atoms with Crippen LogP contribution in [0.3, 0.4) is 0 Å². The van der Waals surface area contributed by atoms with Gasteiger partial charge in [-0.3, -0.25) is 9.19 Å². The van der Waals surface area contributed by atoms with Crippen molar-refractivity contribution in [2.75, 3.05) is 0 Å². The predicted molar refractivity (Wildman–Crippen MR) is 65.6 cm³/mol. The van der Waals surface area contributed by atoms with E-state index in [9.17, 15) is 4.21 Å². The van der Waals surface area contributed by atoms with E-state index in [1.54, 1.807) is 0 Å². The van der Waals surface area contributed by atoms with Crippen LogP contribution in [0.1, 0.15) is 37.6 Å². The number of fused-ring (bicyclic) bond motifs is 1. The van der Waals surface area contributed by atoms with Gasteiger partial charge in [0.05, 0.1) is 0 Å². The van der Waals surface area contributed by atoms with Gasteiger partial charge in [0.15, 0.2) is 0 Å². The molecule has 0 saturated carbocycles. The fourth-order valence-corrected chi connectivity index (χ4v) is 3.58. The van der Waals surface area contributed by atoms with Gasteiger partial charge in [-0.25, -0.2) is 0 Å². The predicted octanol–water partition coefficient (Wildman–Crippen LogP) is 2.11. The molecule has 1 aromatic heterocycles. The lowest BCUT2D eigenvalue weighted by molar-refractivity contribution is 0.568. The quantitative estimate of drug-likeness (QED) is 0.631. The van der Waals surface area contributed by atoms with Gasteiger partial charge in [-0.05, 0) is 32.6 Å². The van der Waals surface area contributed by atoms with Gasteiger partial charge in [-0.15, -0.1) is 0 Å². The SMILES string of the molecule is C=S1(=O)Cc2cnc(C(C)(C)C)cc2C1. The third-order valence-corrected chi connectivity index (χ3v) is 4.36. The molecule has 0 bridgehead atoms. The maximum Gasteiger partial charge on any atom is 0.0460 e. The molecule has 0 spiro atoms. The summed E-state index contributed by atoms with van der Waals surface area (Å²) >= 11 is 0. The molecule has 0 N–H and O–H groups in total. The van der Waals surface area contributed by atoms with Crippen molar-refractivity contribution in [3.8, 4) is 0 Å². The van der Waals surface area contributed by atoms with Gasteiger partial charge in [-0.1, -0.05) is 20.8 Å². The lowest BCUT2D eigenvalue weighted by Gasteiger charge is -2.18. The second-order valence-electron chi connectivity index (χ2n) is 5.34.